The summed E-state index contributed by atoms with van der Waals surface area (Å²) < 4.78 is 7.53. The van der Waals surface area contributed by atoms with Crippen molar-refractivity contribution in [1.29, 1.82) is 0 Å². The van der Waals surface area contributed by atoms with Crippen molar-refractivity contribution in [3.05, 3.63) is 44.6 Å². The zero-order chi connectivity index (χ0) is 20.2. The first kappa shape index (κ1) is 20.9. The Hall–Kier alpha value is -1.32. The second-order valence-electron chi connectivity index (χ2n) is 6.98. The molecule has 3 heterocycles. The van der Waals surface area contributed by atoms with Crippen LogP contribution in [0.2, 0.25) is 0 Å². The van der Waals surface area contributed by atoms with E-state index in [0.717, 1.165) is 69.7 Å². The van der Waals surface area contributed by atoms with Gasteiger partial charge >= 0.3 is 0 Å². The fourth-order valence-corrected chi connectivity index (χ4v) is 5.89. The molecule has 154 valence electrons. The fourth-order valence-electron chi connectivity index (χ4n) is 3.52. The molecular formula is C21H24BrN3O2S2. The molecule has 0 N–H and O–H groups in total. The Balaban J connectivity index is 1.58. The van der Waals surface area contributed by atoms with Gasteiger partial charge in [-0.2, -0.15) is 0 Å². The van der Waals surface area contributed by atoms with E-state index in [-0.39, 0.29) is 5.91 Å². The number of ether oxygens (including phenoxy) is 1. The van der Waals surface area contributed by atoms with Crippen LogP contribution in [-0.4, -0.2) is 55.2 Å². The van der Waals surface area contributed by atoms with Gasteiger partial charge in [-0.1, -0.05) is 30.4 Å². The minimum atomic E-state index is 0.0276. The van der Waals surface area contributed by atoms with Gasteiger partial charge in [0.2, 0.25) is 0 Å². The Morgan fingerprint density at radius 1 is 1.24 bits per heavy atom. The molecule has 0 bridgehead atoms. The largest absolute Gasteiger partial charge is 0.379 e. The van der Waals surface area contributed by atoms with Gasteiger partial charge < -0.3 is 4.74 Å². The minimum Gasteiger partial charge on any atom is -0.379 e. The van der Waals surface area contributed by atoms with Crippen LogP contribution >= 0.6 is 38.6 Å². The van der Waals surface area contributed by atoms with Crippen LogP contribution in [0.25, 0.3) is 10.2 Å². The average Bonchev–Trinajstić information content (AvgIpc) is 3.37. The first-order chi connectivity index (χ1) is 14.2. The van der Waals surface area contributed by atoms with Gasteiger partial charge in [-0.3, -0.25) is 14.6 Å². The molecule has 4 rings (SSSR count). The number of aryl methyl sites for hydroxylation is 1. The van der Waals surface area contributed by atoms with Crippen molar-refractivity contribution < 1.29 is 9.53 Å². The van der Waals surface area contributed by atoms with E-state index in [1.165, 1.54) is 16.9 Å². The number of thiophene rings is 1. The molecule has 0 saturated carbocycles. The van der Waals surface area contributed by atoms with Crippen molar-refractivity contribution in [2.24, 2.45) is 0 Å². The SMILES string of the molecule is CCc1cccc2sc(N(CCCN3CCOCC3)C(=O)c3ccc(Br)s3)nc12. The van der Waals surface area contributed by atoms with Crippen molar-refractivity contribution in [2.75, 3.05) is 44.3 Å². The predicted molar refractivity (Wildman–Crippen MR) is 125 cm³/mol. The van der Waals surface area contributed by atoms with Gasteiger partial charge in [0.25, 0.3) is 5.91 Å². The molecule has 1 saturated heterocycles. The highest BCUT2D eigenvalue weighted by atomic mass is 79.9. The molecule has 0 unspecified atom stereocenters. The normalized spacial score (nSPS) is 15.1. The molecule has 1 aromatic carbocycles. The lowest BCUT2D eigenvalue weighted by Crippen LogP contribution is -2.39. The van der Waals surface area contributed by atoms with Crippen LogP contribution in [-0.2, 0) is 11.2 Å². The maximum Gasteiger partial charge on any atom is 0.270 e. The highest BCUT2D eigenvalue weighted by Crippen LogP contribution is 2.33. The lowest BCUT2D eigenvalue weighted by Gasteiger charge is -2.27. The number of anilines is 1. The number of hydrogen-bond donors (Lipinski definition) is 0. The number of carbonyl (C=O) groups is 1. The molecule has 2 aromatic heterocycles. The van der Waals surface area contributed by atoms with Crippen LogP contribution in [0.4, 0.5) is 5.13 Å². The molecule has 3 aromatic rings. The topological polar surface area (TPSA) is 45.7 Å². The van der Waals surface area contributed by atoms with Crippen molar-refractivity contribution in [2.45, 2.75) is 19.8 Å². The third-order valence-electron chi connectivity index (χ3n) is 5.09. The molecule has 1 fully saturated rings. The summed E-state index contributed by atoms with van der Waals surface area (Å²) in [5.41, 5.74) is 2.25. The first-order valence-corrected chi connectivity index (χ1v) is 12.3. The molecule has 5 nitrogen and oxygen atoms in total. The molecule has 8 heteroatoms. The number of morpholine rings is 1. The number of aromatic nitrogens is 1. The highest BCUT2D eigenvalue weighted by Gasteiger charge is 2.23. The van der Waals surface area contributed by atoms with Gasteiger partial charge in [-0.25, -0.2) is 4.98 Å². The quantitative estimate of drug-likeness (QED) is 0.461. The number of rotatable bonds is 7. The number of fused-ring (bicyclic) bond motifs is 1. The summed E-state index contributed by atoms with van der Waals surface area (Å²) in [4.78, 5) is 23.2. The number of halogens is 1. The zero-order valence-electron chi connectivity index (χ0n) is 16.4. The Morgan fingerprint density at radius 3 is 2.79 bits per heavy atom. The Kier molecular flexibility index (Phi) is 6.97. The van der Waals surface area contributed by atoms with E-state index in [1.807, 2.05) is 17.0 Å². The third kappa shape index (κ3) is 4.88. The Labute approximate surface area is 187 Å². The van der Waals surface area contributed by atoms with Crippen molar-refractivity contribution in [3.8, 4) is 0 Å². The lowest BCUT2D eigenvalue weighted by atomic mass is 10.1. The Morgan fingerprint density at radius 2 is 2.07 bits per heavy atom. The third-order valence-corrected chi connectivity index (χ3v) is 7.75. The van der Waals surface area contributed by atoms with Gasteiger partial charge in [0, 0.05) is 26.2 Å². The maximum absolute atomic E-state index is 13.3. The highest BCUT2D eigenvalue weighted by molar-refractivity contribution is 9.11. The molecule has 0 atom stereocenters. The van der Waals surface area contributed by atoms with Crippen molar-refractivity contribution >= 4 is 59.9 Å². The number of hydrogen-bond acceptors (Lipinski definition) is 6. The van der Waals surface area contributed by atoms with Gasteiger partial charge in [-0.05, 0) is 52.5 Å². The molecule has 29 heavy (non-hydrogen) atoms. The van der Waals surface area contributed by atoms with E-state index in [4.69, 9.17) is 9.72 Å². The van der Waals surface area contributed by atoms with Gasteiger partial charge in [0.05, 0.1) is 32.1 Å². The number of carbonyl (C=O) groups excluding carboxylic acids is 1. The van der Waals surface area contributed by atoms with E-state index >= 15 is 0 Å². The second kappa shape index (κ2) is 9.66. The fraction of sp³-hybridized carbons (Fsp3) is 0.429. The standard InChI is InChI=1S/C21H24BrN3O2S2/c1-2-15-5-3-6-16-19(15)23-21(29-16)25(20(26)17-7-8-18(22)28-17)10-4-9-24-11-13-27-14-12-24/h3,5-8H,2,4,9-14H2,1H3. The number of thiazole rings is 1. The summed E-state index contributed by atoms with van der Waals surface area (Å²) in [5.74, 6) is 0.0276. The first-order valence-electron chi connectivity index (χ1n) is 9.91. The molecule has 0 aliphatic carbocycles. The van der Waals surface area contributed by atoms with Gasteiger partial charge in [0.15, 0.2) is 5.13 Å². The van der Waals surface area contributed by atoms with Crippen molar-refractivity contribution in [3.63, 3.8) is 0 Å². The zero-order valence-corrected chi connectivity index (χ0v) is 19.6. The summed E-state index contributed by atoms with van der Waals surface area (Å²) in [6, 6.07) is 10.1. The average molecular weight is 494 g/mol. The summed E-state index contributed by atoms with van der Waals surface area (Å²) in [6.07, 6.45) is 1.85. The smallest absolute Gasteiger partial charge is 0.270 e. The van der Waals surface area contributed by atoms with E-state index in [9.17, 15) is 4.79 Å². The molecule has 1 aliphatic heterocycles. The lowest BCUT2D eigenvalue weighted by molar-refractivity contribution is 0.0376. The van der Waals surface area contributed by atoms with Crippen LogP contribution in [0.5, 0.6) is 0 Å². The molecule has 0 spiro atoms. The predicted octanol–water partition coefficient (Wildman–Crippen LogP) is 5.05. The summed E-state index contributed by atoms with van der Waals surface area (Å²) in [7, 11) is 0. The molecular weight excluding hydrogens is 470 g/mol. The monoisotopic (exact) mass is 493 g/mol. The van der Waals surface area contributed by atoms with E-state index < -0.39 is 0 Å². The van der Waals surface area contributed by atoms with Gasteiger partial charge in [0.1, 0.15) is 0 Å². The molecule has 0 radical (unpaired) electrons. The van der Waals surface area contributed by atoms with Crippen molar-refractivity contribution in [1.82, 2.24) is 9.88 Å². The van der Waals surface area contributed by atoms with Crippen LogP contribution in [0.15, 0.2) is 34.1 Å². The number of amides is 1. The van der Waals surface area contributed by atoms with Gasteiger partial charge in [-0.15, -0.1) is 11.3 Å². The Bertz CT molecular complexity index is 981. The summed E-state index contributed by atoms with van der Waals surface area (Å²) in [5, 5.41) is 0.789. The second-order valence-corrected chi connectivity index (χ2v) is 10.5. The molecule has 1 amide bonds. The van der Waals surface area contributed by atoms with Crippen LogP contribution < -0.4 is 4.90 Å². The summed E-state index contributed by atoms with van der Waals surface area (Å²) in [6.45, 7) is 7.29. The van der Waals surface area contributed by atoms with E-state index in [1.54, 1.807) is 11.3 Å². The number of benzene rings is 1. The van der Waals surface area contributed by atoms with Crippen LogP contribution in [0.3, 0.4) is 0 Å². The van der Waals surface area contributed by atoms with Crippen LogP contribution in [0.1, 0.15) is 28.6 Å². The number of nitrogens with zero attached hydrogens (tertiary/aromatic N) is 3. The summed E-state index contributed by atoms with van der Waals surface area (Å²) >= 11 is 6.55. The van der Waals surface area contributed by atoms with E-state index in [2.05, 4.69) is 46.0 Å². The molecule has 1 aliphatic rings. The van der Waals surface area contributed by atoms with Crippen LogP contribution in [0, 0.1) is 0 Å². The minimum absolute atomic E-state index is 0.0276. The maximum atomic E-state index is 13.3. The van der Waals surface area contributed by atoms with E-state index in [0.29, 0.717) is 6.54 Å². The number of para-hydroxylation sites is 1.